The Bertz CT molecular complexity index is 1010. The van der Waals surface area contributed by atoms with Crippen molar-refractivity contribution in [2.75, 3.05) is 5.32 Å². The molecule has 146 valence electrons. The van der Waals surface area contributed by atoms with Crippen molar-refractivity contribution in [1.29, 1.82) is 0 Å². The first-order valence-corrected chi connectivity index (χ1v) is 10.3. The van der Waals surface area contributed by atoms with E-state index in [2.05, 4.69) is 5.32 Å². The lowest BCUT2D eigenvalue weighted by Gasteiger charge is -2.17. The quantitative estimate of drug-likeness (QED) is 0.386. The second-order valence-electron chi connectivity index (χ2n) is 6.17. The van der Waals surface area contributed by atoms with Gasteiger partial charge in [0.2, 0.25) is 0 Å². The summed E-state index contributed by atoms with van der Waals surface area (Å²) in [6.45, 7) is 2.67. The molecule has 0 heterocycles. The Balaban J connectivity index is 1.82. The average molecular weight is 476 g/mol. The molecule has 0 aliphatic rings. The zero-order valence-corrected chi connectivity index (χ0v) is 18.6. The van der Waals surface area contributed by atoms with Gasteiger partial charge in [0.05, 0.1) is 5.02 Å². The van der Waals surface area contributed by atoms with Crippen LogP contribution >= 0.6 is 58.0 Å². The molecule has 0 amide bonds. The summed E-state index contributed by atoms with van der Waals surface area (Å²) in [5, 5.41) is 6.11. The SMILES string of the molecule is Cc1c(Cl)cccc1NCc1cc(Cl)cc(Cl)c1OCc1ccc(Cl)cc1Cl. The van der Waals surface area contributed by atoms with E-state index in [1.807, 2.05) is 37.3 Å². The van der Waals surface area contributed by atoms with Crippen molar-refractivity contribution < 1.29 is 4.74 Å². The van der Waals surface area contributed by atoms with Crippen LogP contribution in [0.25, 0.3) is 0 Å². The van der Waals surface area contributed by atoms with Crippen LogP contribution in [-0.2, 0) is 13.2 Å². The van der Waals surface area contributed by atoms with Crippen molar-refractivity contribution in [3.63, 3.8) is 0 Å². The maximum atomic E-state index is 6.39. The molecule has 0 saturated heterocycles. The molecule has 0 bridgehead atoms. The summed E-state index contributed by atoms with van der Waals surface area (Å²) in [7, 11) is 0. The number of benzene rings is 3. The molecule has 0 unspecified atom stereocenters. The van der Waals surface area contributed by atoms with Crippen LogP contribution in [0.2, 0.25) is 25.1 Å². The third-order valence-corrected chi connectivity index (χ3v) is 5.70. The maximum absolute atomic E-state index is 6.39. The van der Waals surface area contributed by atoms with Gasteiger partial charge in [-0.3, -0.25) is 0 Å². The molecule has 3 rings (SSSR count). The zero-order valence-electron chi connectivity index (χ0n) is 14.8. The van der Waals surface area contributed by atoms with Crippen LogP contribution in [0.15, 0.2) is 48.5 Å². The number of nitrogens with one attached hydrogen (secondary N) is 1. The van der Waals surface area contributed by atoms with Gasteiger partial charge in [0.1, 0.15) is 12.4 Å². The number of hydrogen-bond acceptors (Lipinski definition) is 2. The third-order valence-electron chi connectivity index (χ3n) is 4.21. The van der Waals surface area contributed by atoms with Crippen molar-refractivity contribution in [1.82, 2.24) is 0 Å². The number of halogens is 5. The highest BCUT2D eigenvalue weighted by Gasteiger charge is 2.13. The molecule has 0 saturated carbocycles. The second-order valence-corrected chi connectivity index (χ2v) is 8.26. The highest BCUT2D eigenvalue weighted by Crippen LogP contribution is 2.35. The fraction of sp³-hybridized carbons (Fsp3) is 0.143. The van der Waals surface area contributed by atoms with E-state index in [-0.39, 0.29) is 6.61 Å². The Hall–Kier alpha value is -1.29. The lowest BCUT2D eigenvalue weighted by Crippen LogP contribution is -2.05. The Kier molecular flexibility index (Phi) is 7.25. The van der Waals surface area contributed by atoms with Crippen LogP contribution in [0.4, 0.5) is 5.69 Å². The molecule has 28 heavy (non-hydrogen) atoms. The van der Waals surface area contributed by atoms with Gasteiger partial charge >= 0.3 is 0 Å². The standard InChI is InChI=1S/C21H16Cl5NO/c1-12-17(24)3-2-4-20(12)27-10-14-7-16(23)9-19(26)21(14)28-11-13-5-6-15(22)8-18(13)25/h2-9,27H,10-11H2,1H3. The van der Waals surface area contributed by atoms with Crippen molar-refractivity contribution >= 4 is 63.7 Å². The van der Waals surface area contributed by atoms with E-state index in [9.17, 15) is 0 Å². The van der Waals surface area contributed by atoms with Gasteiger partial charge in [-0.15, -0.1) is 0 Å². The summed E-state index contributed by atoms with van der Waals surface area (Å²) < 4.78 is 5.99. The molecular formula is C21H16Cl5NO. The van der Waals surface area contributed by atoms with E-state index in [0.717, 1.165) is 22.4 Å². The molecule has 1 N–H and O–H groups in total. The van der Waals surface area contributed by atoms with Gasteiger partial charge in [-0.2, -0.15) is 0 Å². The predicted octanol–water partition coefficient (Wildman–Crippen LogP) is 8.45. The summed E-state index contributed by atoms with van der Waals surface area (Å²) >= 11 is 31.0. The molecule has 3 aromatic rings. The Morgan fingerprint density at radius 3 is 2.29 bits per heavy atom. The Labute approximate surface area is 189 Å². The van der Waals surface area contributed by atoms with E-state index in [1.165, 1.54) is 0 Å². The van der Waals surface area contributed by atoms with Gasteiger partial charge in [-0.25, -0.2) is 0 Å². The molecule has 0 aliphatic heterocycles. The molecule has 0 spiro atoms. The first kappa shape index (κ1) is 21.4. The minimum absolute atomic E-state index is 0.251. The molecule has 7 heteroatoms. The number of ether oxygens (including phenoxy) is 1. The minimum Gasteiger partial charge on any atom is -0.487 e. The third kappa shape index (κ3) is 5.20. The zero-order chi connectivity index (χ0) is 20.3. The van der Waals surface area contributed by atoms with Crippen LogP contribution in [0.3, 0.4) is 0 Å². The molecule has 0 atom stereocenters. The monoisotopic (exact) mass is 473 g/mol. The molecule has 3 aromatic carbocycles. The van der Waals surface area contributed by atoms with E-state index in [0.29, 0.717) is 37.4 Å². The largest absolute Gasteiger partial charge is 0.487 e. The Morgan fingerprint density at radius 2 is 1.54 bits per heavy atom. The first-order valence-electron chi connectivity index (χ1n) is 8.39. The van der Waals surface area contributed by atoms with E-state index < -0.39 is 0 Å². The lowest BCUT2D eigenvalue weighted by molar-refractivity contribution is 0.303. The summed E-state index contributed by atoms with van der Waals surface area (Å²) in [5.74, 6) is 0.546. The maximum Gasteiger partial charge on any atom is 0.143 e. The number of anilines is 1. The summed E-state index contributed by atoms with van der Waals surface area (Å²) in [6.07, 6.45) is 0. The van der Waals surface area contributed by atoms with Crippen molar-refractivity contribution in [2.45, 2.75) is 20.1 Å². The van der Waals surface area contributed by atoms with Crippen molar-refractivity contribution in [3.05, 3.63) is 90.3 Å². The van der Waals surface area contributed by atoms with E-state index in [4.69, 9.17) is 62.7 Å². The van der Waals surface area contributed by atoms with Gasteiger partial charge in [0.25, 0.3) is 0 Å². The lowest BCUT2D eigenvalue weighted by atomic mass is 10.1. The fourth-order valence-corrected chi connectivity index (χ4v) is 3.91. The molecule has 2 nitrogen and oxygen atoms in total. The molecule has 0 radical (unpaired) electrons. The van der Waals surface area contributed by atoms with Gasteiger partial charge in [-0.05, 0) is 48.9 Å². The predicted molar refractivity (Wildman–Crippen MR) is 121 cm³/mol. The topological polar surface area (TPSA) is 21.3 Å². The first-order chi connectivity index (χ1) is 13.3. The van der Waals surface area contributed by atoms with Crippen LogP contribution in [-0.4, -0.2) is 0 Å². The average Bonchev–Trinajstić information content (AvgIpc) is 2.63. The molecule has 0 fully saturated rings. The van der Waals surface area contributed by atoms with Gasteiger partial charge in [0.15, 0.2) is 0 Å². The smallest absolute Gasteiger partial charge is 0.143 e. The van der Waals surface area contributed by atoms with E-state index in [1.54, 1.807) is 18.2 Å². The van der Waals surface area contributed by atoms with Crippen molar-refractivity contribution in [2.24, 2.45) is 0 Å². The van der Waals surface area contributed by atoms with Crippen LogP contribution < -0.4 is 10.1 Å². The van der Waals surface area contributed by atoms with Crippen LogP contribution in [0.1, 0.15) is 16.7 Å². The highest BCUT2D eigenvalue weighted by atomic mass is 35.5. The molecule has 0 aliphatic carbocycles. The van der Waals surface area contributed by atoms with E-state index >= 15 is 0 Å². The summed E-state index contributed by atoms with van der Waals surface area (Å²) in [6, 6.07) is 14.4. The van der Waals surface area contributed by atoms with Gasteiger partial charge < -0.3 is 10.1 Å². The highest BCUT2D eigenvalue weighted by molar-refractivity contribution is 6.36. The normalized spacial score (nSPS) is 10.8. The number of hydrogen-bond donors (Lipinski definition) is 1. The van der Waals surface area contributed by atoms with Gasteiger partial charge in [0, 0.05) is 43.4 Å². The minimum atomic E-state index is 0.251. The second kappa shape index (κ2) is 9.47. The molecular weight excluding hydrogens is 460 g/mol. The van der Waals surface area contributed by atoms with Gasteiger partial charge in [-0.1, -0.05) is 70.1 Å². The molecule has 0 aromatic heterocycles. The summed E-state index contributed by atoms with van der Waals surface area (Å²) in [5.41, 5.74) is 3.52. The summed E-state index contributed by atoms with van der Waals surface area (Å²) in [4.78, 5) is 0. The van der Waals surface area contributed by atoms with Crippen molar-refractivity contribution in [3.8, 4) is 5.75 Å². The number of rotatable bonds is 6. The Morgan fingerprint density at radius 1 is 0.786 bits per heavy atom. The van der Waals surface area contributed by atoms with Crippen LogP contribution in [0.5, 0.6) is 5.75 Å². The van der Waals surface area contributed by atoms with Crippen LogP contribution in [0, 0.1) is 6.92 Å². The fourth-order valence-electron chi connectivity index (χ4n) is 2.68.